The van der Waals surface area contributed by atoms with Crippen molar-refractivity contribution in [1.29, 1.82) is 0 Å². The number of allylic oxidation sites excluding steroid dienone is 1. The number of aromatic nitrogens is 2. The van der Waals surface area contributed by atoms with Crippen LogP contribution in [0.2, 0.25) is 15.1 Å². The number of ether oxygens (including phenoxy) is 2. The van der Waals surface area contributed by atoms with E-state index in [1.54, 1.807) is 42.9 Å². The van der Waals surface area contributed by atoms with Crippen LogP contribution in [0.1, 0.15) is 55.2 Å². The predicted molar refractivity (Wildman–Crippen MR) is 173 cm³/mol. The third kappa shape index (κ3) is 5.81. The Balaban J connectivity index is 1.76. The zero-order valence-corrected chi connectivity index (χ0v) is 27.4. The van der Waals surface area contributed by atoms with Crippen LogP contribution in [0, 0.1) is 13.8 Å². The summed E-state index contributed by atoms with van der Waals surface area (Å²) < 4.78 is 15.2. The van der Waals surface area contributed by atoms with Gasteiger partial charge >= 0.3 is 5.97 Å². The molecule has 0 amide bonds. The van der Waals surface area contributed by atoms with Gasteiger partial charge < -0.3 is 14.0 Å². The topological polar surface area (TPSA) is 74.8 Å². The molecule has 7 nitrogen and oxygen atoms in total. The number of esters is 1. The second-order valence-electron chi connectivity index (χ2n) is 10.1. The lowest BCUT2D eigenvalue weighted by molar-refractivity contribution is -0.139. The molecule has 1 atom stereocenters. The van der Waals surface area contributed by atoms with Gasteiger partial charge in [0, 0.05) is 27.7 Å². The van der Waals surface area contributed by atoms with Crippen molar-refractivity contribution in [3.63, 3.8) is 0 Å². The van der Waals surface area contributed by atoms with E-state index in [4.69, 9.17) is 49.3 Å². The number of nitrogens with zero attached hydrogens (tertiary/aromatic N) is 3. The van der Waals surface area contributed by atoms with E-state index in [-0.39, 0.29) is 12.2 Å². The van der Waals surface area contributed by atoms with Crippen molar-refractivity contribution < 1.29 is 14.3 Å². The zero-order valence-electron chi connectivity index (χ0n) is 24.3. The number of aryl methyl sites for hydroxylation is 1. The number of methoxy groups -OCH3 is 1. The molecule has 0 fully saturated rings. The molecule has 0 radical (unpaired) electrons. The first-order valence-corrected chi connectivity index (χ1v) is 15.7. The third-order valence-electron chi connectivity index (χ3n) is 7.30. The number of thiazole rings is 1. The van der Waals surface area contributed by atoms with Gasteiger partial charge in [-0.25, -0.2) is 9.79 Å². The minimum absolute atomic E-state index is 0.181. The first-order chi connectivity index (χ1) is 20.6. The van der Waals surface area contributed by atoms with E-state index in [0.29, 0.717) is 53.4 Å². The van der Waals surface area contributed by atoms with Crippen molar-refractivity contribution in [2.24, 2.45) is 4.99 Å². The monoisotopic (exact) mass is 657 g/mol. The fourth-order valence-electron chi connectivity index (χ4n) is 5.43. The van der Waals surface area contributed by atoms with Gasteiger partial charge in [-0.15, -0.1) is 0 Å². The van der Waals surface area contributed by atoms with Crippen molar-refractivity contribution in [1.82, 2.24) is 9.13 Å². The van der Waals surface area contributed by atoms with Crippen LogP contribution >= 0.6 is 46.1 Å². The molecular formula is C32H30Cl3N3O4S. The molecule has 0 bridgehead atoms. The summed E-state index contributed by atoms with van der Waals surface area (Å²) in [5.41, 5.74) is 4.80. The van der Waals surface area contributed by atoms with Gasteiger partial charge in [0.25, 0.3) is 5.56 Å². The first kappa shape index (κ1) is 31.1. The Hall–Kier alpha value is -3.30. The van der Waals surface area contributed by atoms with Gasteiger partial charge in [0.05, 0.1) is 39.6 Å². The first-order valence-electron chi connectivity index (χ1n) is 13.8. The number of halogens is 3. The van der Waals surface area contributed by atoms with Gasteiger partial charge in [0.15, 0.2) is 4.80 Å². The van der Waals surface area contributed by atoms with Crippen molar-refractivity contribution in [2.75, 3.05) is 13.7 Å². The van der Waals surface area contributed by atoms with Crippen LogP contribution < -0.4 is 19.6 Å². The van der Waals surface area contributed by atoms with E-state index in [9.17, 15) is 9.59 Å². The minimum atomic E-state index is -0.837. The fourth-order valence-corrected chi connectivity index (χ4v) is 6.91. The molecule has 1 aliphatic rings. The summed E-state index contributed by atoms with van der Waals surface area (Å²) in [7, 11) is 1.54. The minimum Gasteiger partial charge on any atom is -0.496 e. The van der Waals surface area contributed by atoms with Crippen LogP contribution in [0.4, 0.5) is 0 Å². The SMILES string of the molecule is CCCC1=C(C(=O)OCC)[C@H](c2cc(Cl)ccc2OC)n2c(s/c(=C/c3cc(C)n(-c4ccc(Cl)c(Cl)c4)c3C)c2=O)=N1. The highest BCUT2D eigenvalue weighted by Gasteiger charge is 2.36. The summed E-state index contributed by atoms with van der Waals surface area (Å²) in [5.74, 6) is -0.0325. The highest BCUT2D eigenvalue weighted by molar-refractivity contribution is 7.07. The Morgan fingerprint density at radius 3 is 2.51 bits per heavy atom. The Morgan fingerprint density at radius 1 is 1.07 bits per heavy atom. The van der Waals surface area contributed by atoms with Crippen LogP contribution in [-0.4, -0.2) is 28.8 Å². The van der Waals surface area contributed by atoms with E-state index in [0.717, 1.165) is 29.1 Å². The van der Waals surface area contributed by atoms with Crippen LogP contribution in [0.25, 0.3) is 11.8 Å². The number of carbonyl (C=O) groups excluding carboxylic acids is 1. The summed E-state index contributed by atoms with van der Waals surface area (Å²) in [6.45, 7) is 7.91. The molecule has 2 aromatic carbocycles. The molecule has 0 spiro atoms. The molecule has 0 saturated carbocycles. The standard InChI is InChI=1S/C32H30Cl3N3O4S/c1-6-8-25-28(31(40)42-7-2)29(22-15-20(33)9-12-26(22)41-5)38-30(39)27(43-32(38)36-25)14-19-13-17(3)37(18(19)4)21-10-11-23(34)24(35)16-21/h9-16,29H,6-8H2,1-5H3/b27-14+/t29-/m0/s1. The second kappa shape index (κ2) is 12.7. The number of benzene rings is 2. The zero-order chi connectivity index (χ0) is 31.0. The molecule has 2 aromatic heterocycles. The quantitative estimate of drug-likeness (QED) is 0.192. The smallest absolute Gasteiger partial charge is 0.338 e. The van der Waals surface area contributed by atoms with Crippen molar-refractivity contribution in [3.8, 4) is 11.4 Å². The third-order valence-corrected chi connectivity index (χ3v) is 9.25. The van der Waals surface area contributed by atoms with E-state index >= 15 is 0 Å². The number of fused-ring (bicyclic) bond motifs is 1. The van der Waals surface area contributed by atoms with Gasteiger partial charge in [-0.1, -0.05) is 59.5 Å². The molecule has 11 heteroatoms. The number of carbonyl (C=O) groups is 1. The molecule has 4 aromatic rings. The van der Waals surface area contributed by atoms with Crippen molar-refractivity contribution in [2.45, 2.75) is 46.6 Å². The molecule has 1 aliphatic heterocycles. The summed E-state index contributed by atoms with van der Waals surface area (Å²) >= 11 is 20.2. The van der Waals surface area contributed by atoms with Crippen LogP contribution in [-0.2, 0) is 9.53 Å². The molecule has 43 heavy (non-hydrogen) atoms. The molecule has 0 N–H and O–H groups in total. The van der Waals surface area contributed by atoms with Gasteiger partial charge in [-0.3, -0.25) is 9.36 Å². The average molecular weight is 659 g/mol. The number of hydrogen-bond donors (Lipinski definition) is 0. The Kier molecular flexibility index (Phi) is 9.23. The van der Waals surface area contributed by atoms with Crippen LogP contribution in [0.3, 0.4) is 0 Å². The van der Waals surface area contributed by atoms with Gasteiger partial charge in [0.1, 0.15) is 11.8 Å². The maximum atomic E-state index is 14.2. The normalized spacial score (nSPS) is 15.0. The van der Waals surface area contributed by atoms with Crippen molar-refractivity contribution >= 4 is 58.2 Å². The number of hydrogen-bond acceptors (Lipinski definition) is 6. The average Bonchev–Trinajstić information content (AvgIpc) is 3.43. The molecule has 224 valence electrons. The number of rotatable bonds is 8. The Morgan fingerprint density at radius 2 is 1.84 bits per heavy atom. The molecule has 5 rings (SSSR count). The van der Waals surface area contributed by atoms with Crippen LogP contribution in [0.15, 0.2) is 63.5 Å². The Bertz CT molecular complexity index is 1950. The van der Waals surface area contributed by atoms with E-state index in [1.807, 2.05) is 45.0 Å². The van der Waals surface area contributed by atoms with Crippen LogP contribution in [0.5, 0.6) is 5.75 Å². The predicted octanol–water partition coefficient (Wildman–Crippen LogP) is 6.95. The Labute approximate surface area is 268 Å². The lowest BCUT2D eigenvalue weighted by Crippen LogP contribution is -2.40. The van der Waals surface area contributed by atoms with Crippen molar-refractivity contribution in [3.05, 3.63) is 111 Å². The van der Waals surface area contributed by atoms with Gasteiger partial charge in [-0.05, 0) is 81.3 Å². The molecule has 3 heterocycles. The van der Waals surface area contributed by atoms with E-state index in [1.165, 1.54) is 11.3 Å². The highest BCUT2D eigenvalue weighted by Crippen LogP contribution is 2.38. The van der Waals surface area contributed by atoms with Gasteiger partial charge in [-0.2, -0.15) is 0 Å². The maximum absolute atomic E-state index is 14.2. The summed E-state index contributed by atoms with van der Waals surface area (Å²) in [5, 5.41) is 1.38. The molecule has 0 aliphatic carbocycles. The molecular weight excluding hydrogens is 629 g/mol. The van der Waals surface area contributed by atoms with E-state index < -0.39 is 12.0 Å². The molecule has 0 saturated heterocycles. The lowest BCUT2D eigenvalue weighted by atomic mass is 9.93. The largest absolute Gasteiger partial charge is 0.496 e. The fraction of sp³-hybridized carbons (Fsp3) is 0.281. The summed E-state index contributed by atoms with van der Waals surface area (Å²) in [6.07, 6.45) is 3.14. The van der Waals surface area contributed by atoms with Gasteiger partial charge in [0.2, 0.25) is 0 Å². The van der Waals surface area contributed by atoms with E-state index in [2.05, 4.69) is 4.57 Å². The second-order valence-corrected chi connectivity index (χ2v) is 12.3. The molecule has 0 unspecified atom stereocenters. The summed E-state index contributed by atoms with van der Waals surface area (Å²) in [6, 6.07) is 11.8. The highest BCUT2D eigenvalue weighted by atomic mass is 35.5. The lowest BCUT2D eigenvalue weighted by Gasteiger charge is -2.27. The summed E-state index contributed by atoms with van der Waals surface area (Å²) in [4.78, 5) is 33.0. The maximum Gasteiger partial charge on any atom is 0.338 e.